The summed E-state index contributed by atoms with van der Waals surface area (Å²) in [5, 5.41) is 5.17. The van der Waals surface area contributed by atoms with Crippen molar-refractivity contribution in [2.24, 2.45) is 0 Å². The Balaban J connectivity index is 1.45. The number of carbonyl (C=O) groups excluding carboxylic acids is 1. The maximum atomic E-state index is 12.2. The topological polar surface area (TPSA) is 47.6 Å². The van der Waals surface area contributed by atoms with E-state index in [9.17, 15) is 4.79 Å². The van der Waals surface area contributed by atoms with Gasteiger partial charge in [0.25, 0.3) is 5.91 Å². The normalized spacial score (nSPS) is 11.8. The highest BCUT2D eigenvalue weighted by molar-refractivity contribution is 5.83. The van der Waals surface area contributed by atoms with E-state index in [4.69, 9.17) is 9.47 Å². The van der Waals surface area contributed by atoms with Gasteiger partial charge in [-0.1, -0.05) is 55.5 Å². The fraction of sp³-hybridized carbons (Fsp3) is 0.261. The van der Waals surface area contributed by atoms with Gasteiger partial charge in [-0.15, -0.1) is 0 Å². The minimum atomic E-state index is -0.557. The van der Waals surface area contributed by atoms with E-state index in [1.165, 1.54) is 5.39 Å². The van der Waals surface area contributed by atoms with Crippen LogP contribution in [0.3, 0.4) is 0 Å². The third-order valence-electron chi connectivity index (χ3n) is 4.42. The maximum Gasteiger partial charge on any atom is 0.260 e. The first-order valence-corrected chi connectivity index (χ1v) is 9.31. The lowest BCUT2D eigenvalue weighted by atomic mass is 10.1. The molecule has 0 aliphatic rings. The van der Waals surface area contributed by atoms with Crippen LogP contribution < -0.4 is 14.8 Å². The zero-order chi connectivity index (χ0) is 19.1. The van der Waals surface area contributed by atoms with E-state index in [1.807, 2.05) is 54.6 Å². The van der Waals surface area contributed by atoms with Gasteiger partial charge in [0.15, 0.2) is 6.10 Å². The highest BCUT2D eigenvalue weighted by atomic mass is 16.5. The highest BCUT2D eigenvalue weighted by Crippen LogP contribution is 2.21. The molecule has 0 unspecified atom stereocenters. The number of nitrogens with one attached hydrogen (secondary N) is 1. The maximum absolute atomic E-state index is 12.2. The van der Waals surface area contributed by atoms with Crippen LogP contribution in [0.15, 0.2) is 66.7 Å². The molecule has 0 radical (unpaired) electrons. The summed E-state index contributed by atoms with van der Waals surface area (Å²) in [4.78, 5) is 12.2. The number of para-hydroxylation sites is 1. The van der Waals surface area contributed by atoms with Gasteiger partial charge < -0.3 is 14.8 Å². The Morgan fingerprint density at radius 1 is 1.00 bits per heavy atom. The van der Waals surface area contributed by atoms with E-state index in [0.717, 1.165) is 28.9 Å². The lowest BCUT2D eigenvalue weighted by Gasteiger charge is -2.17. The van der Waals surface area contributed by atoms with Crippen molar-refractivity contribution in [3.05, 3.63) is 72.3 Å². The molecule has 3 rings (SSSR count). The monoisotopic (exact) mass is 363 g/mol. The number of hydrogen-bond acceptors (Lipinski definition) is 3. The summed E-state index contributed by atoms with van der Waals surface area (Å²) in [6.07, 6.45) is 0.308. The van der Waals surface area contributed by atoms with Crippen molar-refractivity contribution >= 4 is 16.7 Å². The molecule has 4 nitrogen and oxygen atoms in total. The predicted octanol–water partition coefficient (Wildman–Crippen LogP) is 4.36. The van der Waals surface area contributed by atoms with E-state index in [-0.39, 0.29) is 5.91 Å². The van der Waals surface area contributed by atoms with Gasteiger partial charge in [0, 0.05) is 0 Å². The van der Waals surface area contributed by atoms with Crippen LogP contribution >= 0.6 is 0 Å². The Hall–Kier alpha value is -3.01. The summed E-state index contributed by atoms with van der Waals surface area (Å²) in [6.45, 7) is 4.65. The summed E-state index contributed by atoms with van der Waals surface area (Å²) in [6, 6.07) is 21.9. The first kappa shape index (κ1) is 18.8. The molecule has 4 heteroatoms. The molecular formula is C23H25NO3. The van der Waals surface area contributed by atoms with Crippen molar-refractivity contribution in [3.63, 3.8) is 0 Å². The molecule has 140 valence electrons. The smallest absolute Gasteiger partial charge is 0.260 e. The van der Waals surface area contributed by atoms with Crippen molar-refractivity contribution in [3.8, 4) is 11.5 Å². The number of rotatable bonds is 8. The average molecular weight is 363 g/mol. The van der Waals surface area contributed by atoms with E-state index >= 15 is 0 Å². The summed E-state index contributed by atoms with van der Waals surface area (Å²) >= 11 is 0. The minimum absolute atomic E-state index is 0.150. The molecule has 0 saturated carbocycles. The fourth-order valence-electron chi connectivity index (χ4n) is 2.90. The number of aryl methyl sites for hydroxylation is 1. The number of carbonyl (C=O) groups is 1. The van der Waals surface area contributed by atoms with Crippen LogP contribution in [0.1, 0.15) is 19.4 Å². The number of benzene rings is 3. The molecule has 0 aliphatic carbocycles. The van der Waals surface area contributed by atoms with Gasteiger partial charge in [0.05, 0.1) is 6.54 Å². The molecule has 1 atom stereocenters. The summed E-state index contributed by atoms with van der Waals surface area (Å²) in [5.41, 5.74) is 1.09. The second-order valence-corrected chi connectivity index (χ2v) is 6.37. The molecule has 3 aromatic rings. The molecule has 0 saturated heterocycles. The average Bonchev–Trinajstić information content (AvgIpc) is 2.71. The summed E-state index contributed by atoms with van der Waals surface area (Å²) in [7, 11) is 0. The lowest BCUT2D eigenvalue weighted by Crippen LogP contribution is -2.38. The minimum Gasteiger partial charge on any atom is -0.492 e. The molecule has 27 heavy (non-hydrogen) atoms. The van der Waals surface area contributed by atoms with Gasteiger partial charge >= 0.3 is 0 Å². The van der Waals surface area contributed by atoms with Gasteiger partial charge in [0.1, 0.15) is 18.1 Å². The van der Waals surface area contributed by atoms with Crippen LogP contribution in [0.2, 0.25) is 0 Å². The Bertz CT molecular complexity index is 907. The molecule has 0 aliphatic heterocycles. The quantitative estimate of drug-likeness (QED) is 0.605. The van der Waals surface area contributed by atoms with Gasteiger partial charge in [-0.2, -0.15) is 0 Å². The first-order valence-electron chi connectivity index (χ1n) is 9.31. The highest BCUT2D eigenvalue weighted by Gasteiger charge is 2.15. The Morgan fingerprint density at radius 3 is 2.56 bits per heavy atom. The third kappa shape index (κ3) is 5.00. The van der Waals surface area contributed by atoms with Crippen LogP contribution in [0.4, 0.5) is 0 Å². The second kappa shape index (κ2) is 9.08. The van der Waals surface area contributed by atoms with Crippen molar-refractivity contribution in [1.29, 1.82) is 0 Å². The van der Waals surface area contributed by atoms with E-state index < -0.39 is 6.10 Å². The molecule has 0 aromatic heterocycles. The van der Waals surface area contributed by atoms with Crippen molar-refractivity contribution in [2.75, 3.05) is 13.2 Å². The Labute approximate surface area is 160 Å². The van der Waals surface area contributed by atoms with Crippen LogP contribution in [0.25, 0.3) is 10.8 Å². The molecular weight excluding hydrogens is 338 g/mol. The predicted molar refractivity (Wildman–Crippen MR) is 108 cm³/mol. The SMILES string of the molecule is CCc1ccccc1O[C@H](C)C(=O)NCCOc1ccc2ccccc2c1. The lowest BCUT2D eigenvalue weighted by molar-refractivity contribution is -0.127. The Morgan fingerprint density at radius 2 is 1.74 bits per heavy atom. The standard InChI is InChI=1S/C23H25NO3/c1-3-18-8-6-7-11-22(18)27-17(2)23(25)24-14-15-26-21-13-12-19-9-4-5-10-20(19)16-21/h4-13,16-17H,3,14-15H2,1-2H3,(H,24,25)/t17-/m1/s1. The van der Waals surface area contributed by atoms with Gasteiger partial charge in [-0.3, -0.25) is 4.79 Å². The number of fused-ring (bicyclic) bond motifs is 1. The third-order valence-corrected chi connectivity index (χ3v) is 4.42. The van der Waals surface area contributed by atoms with Crippen LogP contribution in [-0.2, 0) is 11.2 Å². The fourth-order valence-corrected chi connectivity index (χ4v) is 2.90. The van der Waals surface area contributed by atoms with Crippen molar-refractivity contribution < 1.29 is 14.3 Å². The largest absolute Gasteiger partial charge is 0.492 e. The molecule has 1 N–H and O–H groups in total. The number of ether oxygens (including phenoxy) is 2. The van der Waals surface area contributed by atoms with Crippen LogP contribution in [0, 0.1) is 0 Å². The van der Waals surface area contributed by atoms with E-state index in [1.54, 1.807) is 6.92 Å². The summed E-state index contributed by atoms with van der Waals surface area (Å²) < 4.78 is 11.6. The van der Waals surface area contributed by atoms with E-state index in [2.05, 4.69) is 24.4 Å². The molecule has 0 fully saturated rings. The zero-order valence-electron chi connectivity index (χ0n) is 15.8. The second-order valence-electron chi connectivity index (χ2n) is 6.37. The van der Waals surface area contributed by atoms with E-state index in [0.29, 0.717) is 13.2 Å². The number of hydrogen-bond donors (Lipinski definition) is 1. The molecule has 3 aromatic carbocycles. The molecule has 0 heterocycles. The van der Waals surface area contributed by atoms with Gasteiger partial charge in [0.2, 0.25) is 0 Å². The van der Waals surface area contributed by atoms with Crippen LogP contribution in [-0.4, -0.2) is 25.2 Å². The van der Waals surface area contributed by atoms with Gasteiger partial charge in [-0.05, 0) is 47.9 Å². The zero-order valence-corrected chi connectivity index (χ0v) is 15.8. The molecule has 0 bridgehead atoms. The van der Waals surface area contributed by atoms with Crippen molar-refractivity contribution in [2.45, 2.75) is 26.4 Å². The van der Waals surface area contributed by atoms with Crippen molar-refractivity contribution in [1.82, 2.24) is 5.32 Å². The first-order chi connectivity index (χ1) is 13.2. The Kier molecular flexibility index (Phi) is 6.31. The molecule has 1 amide bonds. The molecule has 0 spiro atoms. The van der Waals surface area contributed by atoms with Gasteiger partial charge in [-0.25, -0.2) is 0 Å². The summed E-state index contributed by atoms with van der Waals surface area (Å²) in [5.74, 6) is 1.40. The number of amides is 1. The van der Waals surface area contributed by atoms with Crippen LogP contribution in [0.5, 0.6) is 11.5 Å².